The van der Waals surface area contributed by atoms with E-state index >= 15 is 0 Å². The van der Waals surface area contributed by atoms with E-state index in [1.165, 1.54) is 29.7 Å². The van der Waals surface area contributed by atoms with Gasteiger partial charge in [-0.05, 0) is 51.5 Å². The first-order valence-electron chi connectivity index (χ1n) is 7.94. The van der Waals surface area contributed by atoms with Gasteiger partial charge in [-0.15, -0.1) is 0 Å². The van der Waals surface area contributed by atoms with Gasteiger partial charge in [-0.3, -0.25) is 9.59 Å². The second kappa shape index (κ2) is 6.75. The summed E-state index contributed by atoms with van der Waals surface area (Å²) in [6, 6.07) is 0. The third-order valence-corrected chi connectivity index (χ3v) is 4.25. The van der Waals surface area contributed by atoms with Crippen LogP contribution in [0, 0.1) is 5.92 Å². The first-order valence-corrected chi connectivity index (χ1v) is 7.94. The van der Waals surface area contributed by atoms with Crippen molar-refractivity contribution in [2.75, 3.05) is 26.2 Å². The van der Waals surface area contributed by atoms with Gasteiger partial charge in [0.05, 0.1) is 0 Å². The number of halogens is 2. The summed E-state index contributed by atoms with van der Waals surface area (Å²) in [7, 11) is 0. The lowest BCUT2D eigenvalue weighted by Gasteiger charge is -2.26. The van der Waals surface area contributed by atoms with Gasteiger partial charge in [0.15, 0.2) is 11.5 Å². The second-order valence-electron chi connectivity index (χ2n) is 6.64. The molecule has 0 aromatic heterocycles. The molecule has 2 aliphatic heterocycles. The Kier molecular flexibility index (Phi) is 5.19. The summed E-state index contributed by atoms with van der Waals surface area (Å²) in [6.07, 6.45) is 4.76. The summed E-state index contributed by atoms with van der Waals surface area (Å²) in [5.41, 5.74) is -1.92. The van der Waals surface area contributed by atoms with Crippen molar-refractivity contribution in [3.05, 3.63) is 11.9 Å². The molecule has 0 aromatic carbocycles. The molecule has 0 aliphatic carbocycles. The summed E-state index contributed by atoms with van der Waals surface area (Å²) in [5, 5.41) is 0. The third kappa shape index (κ3) is 4.05. The average molecular weight is 314 g/mol. The molecule has 2 aliphatic rings. The van der Waals surface area contributed by atoms with Gasteiger partial charge < -0.3 is 9.80 Å². The van der Waals surface area contributed by atoms with Gasteiger partial charge in [-0.1, -0.05) is 0 Å². The molecule has 2 rings (SSSR count). The number of likely N-dealkylation sites (tertiary alicyclic amines) is 2. The van der Waals surface area contributed by atoms with Crippen molar-refractivity contribution in [1.82, 2.24) is 9.80 Å². The monoisotopic (exact) mass is 314 g/mol. The number of hydrogen-bond donors (Lipinski definition) is 0. The molecule has 2 heterocycles. The predicted molar refractivity (Wildman–Crippen MR) is 79.5 cm³/mol. The maximum absolute atomic E-state index is 14.1. The Bertz CT molecular complexity index is 465. The number of alkyl halides is 1. The summed E-state index contributed by atoms with van der Waals surface area (Å²) in [6.45, 7) is 4.32. The molecule has 6 heteroatoms. The number of carbonyl (C=O) groups excluding carboxylic acids is 2. The fraction of sp³-hybridized carbons (Fsp3) is 0.750. The summed E-state index contributed by atoms with van der Waals surface area (Å²) in [4.78, 5) is 26.8. The van der Waals surface area contributed by atoms with E-state index in [0.29, 0.717) is 26.1 Å². The number of nitrogens with zero attached hydrogens (tertiary/aromatic N) is 2. The molecular weight excluding hydrogens is 290 g/mol. The molecule has 0 saturated carbocycles. The van der Waals surface area contributed by atoms with Crippen LogP contribution in [0.15, 0.2) is 11.9 Å². The third-order valence-electron chi connectivity index (χ3n) is 4.25. The highest BCUT2D eigenvalue weighted by atomic mass is 19.1. The maximum Gasteiger partial charge on any atom is 0.282 e. The number of carbonyl (C=O) groups is 2. The first-order chi connectivity index (χ1) is 10.3. The van der Waals surface area contributed by atoms with E-state index in [9.17, 15) is 18.4 Å². The predicted octanol–water partition coefficient (Wildman–Crippen LogP) is 2.45. The van der Waals surface area contributed by atoms with Gasteiger partial charge >= 0.3 is 0 Å². The van der Waals surface area contributed by atoms with Crippen molar-refractivity contribution < 1.29 is 18.4 Å². The van der Waals surface area contributed by atoms with Crippen LogP contribution in [0.25, 0.3) is 0 Å². The van der Waals surface area contributed by atoms with Crippen LogP contribution in [-0.2, 0) is 9.59 Å². The van der Waals surface area contributed by atoms with E-state index in [-0.39, 0.29) is 12.5 Å². The zero-order chi connectivity index (χ0) is 16.3. The average Bonchev–Trinajstić information content (AvgIpc) is 2.93. The van der Waals surface area contributed by atoms with Crippen LogP contribution in [-0.4, -0.2) is 53.5 Å². The topological polar surface area (TPSA) is 40.6 Å². The molecule has 0 radical (unpaired) electrons. The highest BCUT2D eigenvalue weighted by Gasteiger charge is 2.35. The van der Waals surface area contributed by atoms with Crippen molar-refractivity contribution in [3.8, 4) is 0 Å². The molecule has 124 valence electrons. The normalized spacial score (nSPS) is 23.8. The molecule has 2 saturated heterocycles. The van der Waals surface area contributed by atoms with Crippen LogP contribution < -0.4 is 0 Å². The molecule has 4 nitrogen and oxygen atoms in total. The van der Waals surface area contributed by atoms with Crippen molar-refractivity contribution in [2.24, 2.45) is 5.92 Å². The Morgan fingerprint density at radius 1 is 1.09 bits per heavy atom. The lowest BCUT2D eigenvalue weighted by molar-refractivity contribution is -0.140. The molecule has 0 spiro atoms. The molecule has 2 amide bonds. The molecule has 0 aromatic rings. The fourth-order valence-corrected chi connectivity index (χ4v) is 3.01. The zero-order valence-electron chi connectivity index (χ0n) is 13.3. The summed E-state index contributed by atoms with van der Waals surface area (Å²) in [5.74, 6) is -2.11. The van der Waals surface area contributed by atoms with E-state index in [2.05, 4.69) is 0 Å². The van der Waals surface area contributed by atoms with Crippen LogP contribution in [0.2, 0.25) is 0 Å². The van der Waals surface area contributed by atoms with Crippen molar-refractivity contribution in [1.29, 1.82) is 0 Å². The minimum absolute atomic E-state index is 0.222. The van der Waals surface area contributed by atoms with E-state index in [1.807, 2.05) is 0 Å². The van der Waals surface area contributed by atoms with Crippen molar-refractivity contribution >= 4 is 11.8 Å². The van der Waals surface area contributed by atoms with Gasteiger partial charge in [-0.25, -0.2) is 8.78 Å². The highest BCUT2D eigenvalue weighted by Crippen LogP contribution is 2.24. The van der Waals surface area contributed by atoms with Crippen molar-refractivity contribution in [3.63, 3.8) is 0 Å². The molecular formula is C16H24F2N2O2. The Labute approximate surface area is 130 Å². The number of piperidine rings is 1. The molecule has 2 fully saturated rings. The van der Waals surface area contributed by atoms with Crippen LogP contribution in [0.5, 0.6) is 0 Å². The minimum atomic E-state index is -1.92. The second-order valence-corrected chi connectivity index (χ2v) is 6.64. The Balaban J connectivity index is 1.93. The zero-order valence-corrected chi connectivity index (χ0v) is 13.3. The standard InChI is InChI=1S/C16H24F2N2O2/c1-16(2,18)15(22)20-9-6-12(11-20)10-13(17)14(21)19-7-4-3-5-8-19/h10,12H,3-9,11H2,1-2H3/b13-10-. The van der Waals surface area contributed by atoms with Gasteiger partial charge in [-0.2, -0.15) is 0 Å². The number of hydrogen-bond acceptors (Lipinski definition) is 2. The Morgan fingerprint density at radius 3 is 2.32 bits per heavy atom. The molecule has 1 atom stereocenters. The van der Waals surface area contributed by atoms with Crippen LogP contribution in [0.1, 0.15) is 39.5 Å². The lowest BCUT2D eigenvalue weighted by Crippen LogP contribution is -2.41. The largest absolute Gasteiger partial charge is 0.339 e. The smallest absolute Gasteiger partial charge is 0.282 e. The van der Waals surface area contributed by atoms with Gasteiger partial charge in [0.2, 0.25) is 0 Å². The SMILES string of the molecule is CC(C)(F)C(=O)N1CCC(/C=C(\F)C(=O)N2CCCCC2)C1. The summed E-state index contributed by atoms with van der Waals surface area (Å²) < 4.78 is 27.7. The van der Waals surface area contributed by atoms with Gasteiger partial charge in [0.1, 0.15) is 0 Å². The first kappa shape index (κ1) is 16.9. The fourth-order valence-electron chi connectivity index (χ4n) is 3.01. The maximum atomic E-state index is 14.1. The molecule has 0 bridgehead atoms. The Hall–Kier alpha value is -1.46. The van der Waals surface area contributed by atoms with Gasteiger partial charge in [0, 0.05) is 26.2 Å². The highest BCUT2D eigenvalue weighted by molar-refractivity contribution is 5.91. The van der Waals surface area contributed by atoms with Crippen LogP contribution in [0.4, 0.5) is 8.78 Å². The number of rotatable bonds is 3. The van der Waals surface area contributed by atoms with Crippen molar-refractivity contribution in [2.45, 2.75) is 45.2 Å². The minimum Gasteiger partial charge on any atom is -0.339 e. The van der Waals surface area contributed by atoms with E-state index in [0.717, 1.165) is 19.3 Å². The number of amides is 2. The van der Waals surface area contributed by atoms with Crippen LogP contribution >= 0.6 is 0 Å². The quantitative estimate of drug-likeness (QED) is 0.751. The van der Waals surface area contributed by atoms with E-state index in [1.54, 1.807) is 0 Å². The molecule has 0 N–H and O–H groups in total. The Morgan fingerprint density at radius 2 is 1.73 bits per heavy atom. The van der Waals surface area contributed by atoms with Crippen LogP contribution in [0.3, 0.4) is 0 Å². The molecule has 22 heavy (non-hydrogen) atoms. The lowest BCUT2D eigenvalue weighted by atomic mass is 10.1. The van der Waals surface area contributed by atoms with E-state index < -0.39 is 23.3 Å². The van der Waals surface area contributed by atoms with E-state index in [4.69, 9.17) is 0 Å². The summed E-state index contributed by atoms with van der Waals surface area (Å²) >= 11 is 0. The van der Waals surface area contributed by atoms with Gasteiger partial charge in [0.25, 0.3) is 11.8 Å². The molecule has 1 unspecified atom stereocenters.